The lowest BCUT2D eigenvalue weighted by Crippen LogP contribution is -2.19. The molecule has 1 aromatic heterocycles. The van der Waals surface area contributed by atoms with E-state index in [0.29, 0.717) is 6.54 Å². The Balaban J connectivity index is 2.31. The van der Waals surface area contributed by atoms with Crippen molar-refractivity contribution >= 4 is 11.3 Å². The summed E-state index contributed by atoms with van der Waals surface area (Å²) in [7, 11) is 0. The Hall–Kier alpha value is -1.16. The summed E-state index contributed by atoms with van der Waals surface area (Å²) in [6.45, 7) is 6.66. The summed E-state index contributed by atoms with van der Waals surface area (Å²) in [6, 6.07) is 10.3. The molecule has 0 bridgehead atoms. The zero-order valence-corrected chi connectivity index (χ0v) is 12.5. The molecule has 0 saturated carbocycles. The van der Waals surface area contributed by atoms with Crippen LogP contribution in [0.2, 0.25) is 0 Å². The molecule has 2 unspecified atom stereocenters. The fraction of sp³-hybridized carbons (Fsp3) is 0.375. The van der Waals surface area contributed by atoms with Gasteiger partial charge in [0.05, 0.1) is 6.10 Å². The van der Waals surface area contributed by atoms with Crippen molar-refractivity contribution in [3.05, 3.63) is 56.8 Å². The summed E-state index contributed by atoms with van der Waals surface area (Å²) in [5.74, 6) is -0.0441. The monoisotopic (exact) mass is 275 g/mol. The van der Waals surface area contributed by atoms with E-state index in [4.69, 9.17) is 5.73 Å². The molecular weight excluding hydrogens is 254 g/mol. The number of aryl methyl sites for hydroxylation is 3. The molecule has 2 rings (SSSR count). The van der Waals surface area contributed by atoms with Gasteiger partial charge in [-0.15, -0.1) is 11.3 Å². The van der Waals surface area contributed by atoms with Crippen LogP contribution in [0.25, 0.3) is 0 Å². The molecule has 0 fully saturated rings. The van der Waals surface area contributed by atoms with Gasteiger partial charge in [0.2, 0.25) is 0 Å². The third kappa shape index (κ3) is 3.06. The van der Waals surface area contributed by atoms with Gasteiger partial charge < -0.3 is 10.8 Å². The molecule has 0 amide bonds. The van der Waals surface area contributed by atoms with E-state index in [0.717, 1.165) is 10.4 Å². The summed E-state index contributed by atoms with van der Waals surface area (Å²) in [4.78, 5) is 2.26. The molecule has 0 spiro atoms. The number of aliphatic hydroxyl groups excluding tert-OH is 1. The summed E-state index contributed by atoms with van der Waals surface area (Å²) >= 11 is 1.66. The van der Waals surface area contributed by atoms with Gasteiger partial charge in [-0.3, -0.25) is 0 Å². The predicted molar refractivity (Wildman–Crippen MR) is 81.7 cm³/mol. The maximum absolute atomic E-state index is 10.6. The zero-order chi connectivity index (χ0) is 14.0. The van der Waals surface area contributed by atoms with Gasteiger partial charge in [0.25, 0.3) is 0 Å². The molecule has 0 saturated heterocycles. The first-order chi connectivity index (χ1) is 9.02. The molecule has 0 radical (unpaired) electrons. The fourth-order valence-corrected chi connectivity index (χ4v) is 3.39. The van der Waals surface area contributed by atoms with Gasteiger partial charge >= 0.3 is 0 Å². The molecule has 0 aliphatic rings. The van der Waals surface area contributed by atoms with Crippen LogP contribution in [0.4, 0.5) is 0 Å². The maximum Gasteiger partial charge on any atom is 0.0962 e. The van der Waals surface area contributed by atoms with E-state index in [1.165, 1.54) is 16.0 Å². The number of nitrogens with two attached hydrogens (primary N) is 1. The molecule has 2 atom stereocenters. The highest BCUT2D eigenvalue weighted by Gasteiger charge is 2.23. The van der Waals surface area contributed by atoms with Crippen molar-refractivity contribution in [1.82, 2.24) is 0 Å². The van der Waals surface area contributed by atoms with E-state index >= 15 is 0 Å². The third-order valence-corrected chi connectivity index (χ3v) is 4.81. The summed E-state index contributed by atoms with van der Waals surface area (Å²) in [5, 5.41) is 10.6. The summed E-state index contributed by atoms with van der Waals surface area (Å²) in [5.41, 5.74) is 9.42. The van der Waals surface area contributed by atoms with E-state index in [2.05, 4.69) is 39.0 Å². The topological polar surface area (TPSA) is 46.2 Å². The minimum absolute atomic E-state index is 0.0441. The predicted octanol–water partition coefficient (Wildman–Crippen LogP) is 3.45. The van der Waals surface area contributed by atoms with Gasteiger partial charge in [0.15, 0.2) is 0 Å². The van der Waals surface area contributed by atoms with Crippen molar-refractivity contribution in [2.45, 2.75) is 32.8 Å². The van der Waals surface area contributed by atoms with E-state index in [9.17, 15) is 5.11 Å². The van der Waals surface area contributed by atoms with E-state index in [1.807, 2.05) is 12.1 Å². The second-order valence-electron chi connectivity index (χ2n) is 5.09. The maximum atomic E-state index is 10.6. The minimum Gasteiger partial charge on any atom is -0.387 e. The number of thiophene rings is 1. The fourth-order valence-electron chi connectivity index (χ4n) is 2.29. The summed E-state index contributed by atoms with van der Waals surface area (Å²) < 4.78 is 0. The Morgan fingerprint density at radius 1 is 1.21 bits per heavy atom. The Morgan fingerprint density at radius 3 is 2.47 bits per heavy atom. The molecule has 1 aromatic carbocycles. The van der Waals surface area contributed by atoms with Crippen LogP contribution in [0.15, 0.2) is 30.3 Å². The molecule has 3 heteroatoms. The van der Waals surface area contributed by atoms with E-state index in [1.54, 1.807) is 11.3 Å². The standard InChI is InChI=1S/C16H21NOS/c1-10-5-4-6-13(7-10)14(9-17)16(18)15-8-11(2)12(3)19-15/h4-8,14,16,18H,9,17H2,1-3H3. The van der Waals surface area contributed by atoms with Gasteiger partial charge in [0.1, 0.15) is 0 Å². The normalized spacial score (nSPS) is 14.4. The SMILES string of the molecule is Cc1cccc(C(CN)C(O)c2cc(C)c(C)s2)c1. The van der Waals surface area contributed by atoms with Crippen LogP contribution in [0.5, 0.6) is 0 Å². The second kappa shape index (κ2) is 5.87. The van der Waals surface area contributed by atoms with Crippen molar-refractivity contribution < 1.29 is 5.11 Å². The minimum atomic E-state index is -0.524. The lowest BCUT2D eigenvalue weighted by atomic mass is 9.91. The molecule has 102 valence electrons. The van der Waals surface area contributed by atoms with Crippen LogP contribution in [0, 0.1) is 20.8 Å². The highest BCUT2D eigenvalue weighted by atomic mass is 32.1. The van der Waals surface area contributed by atoms with Gasteiger partial charge in [-0.2, -0.15) is 0 Å². The molecule has 2 aromatic rings. The van der Waals surface area contributed by atoms with Crippen LogP contribution < -0.4 is 5.73 Å². The Bertz CT molecular complexity index is 542. The molecule has 19 heavy (non-hydrogen) atoms. The first-order valence-electron chi connectivity index (χ1n) is 6.54. The molecule has 0 aliphatic carbocycles. The van der Waals surface area contributed by atoms with Crippen LogP contribution >= 0.6 is 11.3 Å². The van der Waals surface area contributed by atoms with Crippen molar-refractivity contribution in [3.63, 3.8) is 0 Å². The third-order valence-electron chi connectivity index (χ3n) is 3.58. The van der Waals surface area contributed by atoms with Crippen molar-refractivity contribution in [2.75, 3.05) is 6.54 Å². The van der Waals surface area contributed by atoms with Crippen molar-refractivity contribution in [2.24, 2.45) is 5.73 Å². The highest BCUT2D eigenvalue weighted by molar-refractivity contribution is 7.12. The first kappa shape index (κ1) is 14.3. The van der Waals surface area contributed by atoms with Gasteiger partial charge in [-0.05, 0) is 38.0 Å². The number of aliphatic hydroxyl groups is 1. The Morgan fingerprint density at radius 2 is 1.95 bits per heavy atom. The number of benzene rings is 1. The largest absolute Gasteiger partial charge is 0.387 e. The van der Waals surface area contributed by atoms with E-state index in [-0.39, 0.29) is 5.92 Å². The molecule has 3 N–H and O–H groups in total. The van der Waals surface area contributed by atoms with Crippen LogP contribution in [-0.2, 0) is 0 Å². The van der Waals surface area contributed by atoms with Gasteiger partial charge in [0, 0.05) is 22.2 Å². The quantitative estimate of drug-likeness (QED) is 0.897. The Kier molecular flexibility index (Phi) is 4.40. The average molecular weight is 275 g/mol. The summed E-state index contributed by atoms with van der Waals surface area (Å²) in [6.07, 6.45) is -0.524. The van der Waals surface area contributed by atoms with Gasteiger partial charge in [-0.1, -0.05) is 29.8 Å². The lowest BCUT2D eigenvalue weighted by Gasteiger charge is -2.21. The smallest absolute Gasteiger partial charge is 0.0962 e. The average Bonchev–Trinajstić information content (AvgIpc) is 2.70. The first-order valence-corrected chi connectivity index (χ1v) is 7.36. The number of rotatable bonds is 4. The number of hydrogen-bond acceptors (Lipinski definition) is 3. The van der Waals surface area contributed by atoms with Crippen molar-refractivity contribution in [3.8, 4) is 0 Å². The second-order valence-corrected chi connectivity index (χ2v) is 6.38. The van der Waals surface area contributed by atoms with E-state index < -0.39 is 6.10 Å². The molecule has 2 nitrogen and oxygen atoms in total. The number of hydrogen-bond donors (Lipinski definition) is 2. The van der Waals surface area contributed by atoms with Gasteiger partial charge in [-0.25, -0.2) is 0 Å². The highest BCUT2D eigenvalue weighted by Crippen LogP contribution is 2.35. The van der Waals surface area contributed by atoms with Crippen LogP contribution in [0.1, 0.15) is 38.5 Å². The molecule has 1 heterocycles. The van der Waals surface area contributed by atoms with Crippen LogP contribution in [0.3, 0.4) is 0 Å². The molecule has 0 aliphatic heterocycles. The Labute approximate surface area is 118 Å². The van der Waals surface area contributed by atoms with Crippen molar-refractivity contribution in [1.29, 1.82) is 0 Å². The van der Waals surface area contributed by atoms with Crippen LogP contribution in [-0.4, -0.2) is 11.7 Å². The molecular formula is C16H21NOS. The lowest BCUT2D eigenvalue weighted by molar-refractivity contribution is 0.151. The zero-order valence-electron chi connectivity index (χ0n) is 11.7.